The fraction of sp³-hybridized carbons (Fsp3) is 0.778. The van der Waals surface area contributed by atoms with Gasteiger partial charge in [0.1, 0.15) is 0 Å². The third-order valence-electron chi connectivity index (χ3n) is 5.27. The van der Waals surface area contributed by atoms with Gasteiger partial charge in [0.05, 0.1) is 23.9 Å². The Kier molecular flexibility index (Phi) is 5.50. The second-order valence-electron chi connectivity index (χ2n) is 7.29. The molecule has 0 bridgehead atoms. The molecule has 1 aliphatic heterocycles. The number of rotatable bonds is 5. The lowest BCUT2D eigenvalue weighted by molar-refractivity contribution is -0.0443. The zero-order valence-electron chi connectivity index (χ0n) is 15.4. The monoisotopic (exact) mass is 321 g/mol. The van der Waals surface area contributed by atoms with Crippen molar-refractivity contribution in [1.82, 2.24) is 14.7 Å². The van der Waals surface area contributed by atoms with Crippen molar-refractivity contribution < 1.29 is 9.53 Å². The summed E-state index contributed by atoms with van der Waals surface area (Å²) in [5.41, 5.74) is 1.70. The molecule has 0 N–H and O–H groups in total. The van der Waals surface area contributed by atoms with Crippen molar-refractivity contribution >= 4 is 5.91 Å². The molecule has 2 rings (SSSR count). The number of aromatic nitrogens is 2. The van der Waals surface area contributed by atoms with Gasteiger partial charge in [-0.15, -0.1) is 0 Å². The van der Waals surface area contributed by atoms with Crippen molar-refractivity contribution in [2.75, 3.05) is 20.2 Å². The first kappa shape index (κ1) is 18.0. The normalized spacial score (nSPS) is 21.0. The predicted octanol–water partition coefficient (Wildman–Crippen LogP) is 3.44. The fourth-order valence-electron chi connectivity index (χ4n) is 3.75. The molecule has 0 saturated carbocycles. The first-order valence-electron chi connectivity index (χ1n) is 8.71. The minimum Gasteiger partial charge on any atom is -0.381 e. The molecule has 2 heterocycles. The van der Waals surface area contributed by atoms with E-state index in [9.17, 15) is 4.79 Å². The first-order chi connectivity index (χ1) is 10.9. The standard InChI is InChI=1S/C18H31N3O2/c1-7-14(8-2)21-13(3)15(11-19-21)17(22)20-10-9-16(23-6)18(4,5)12-20/h11,14,16H,7-10,12H2,1-6H3. The van der Waals surface area contributed by atoms with Crippen LogP contribution in [0.4, 0.5) is 0 Å². The summed E-state index contributed by atoms with van der Waals surface area (Å²) in [5.74, 6) is 0.0994. The van der Waals surface area contributed by atoms with E-state index >= 15 is 0 Å². The quantitative estimate of drug-likeness (QED) is 0.834. The summed E-state index contributed by atoms with van der Waals surface area (Å²) in [7, 11) is 1.76. The maximum atomic E-state index is 12.9. The number of hydrogen-bond donors (Lipinski definition) is 0. The first-order valence-corrected chi connectivity index (χ1v) is 8.71. The highest BCUT2D eigenvalue weighted by molar-refractivity contribution is 5.95. The number of methoxy groups -OCH3 is 1. The van der Waals surface area contributed by atoms with Gasteiger partial charge >= 0.3 is 0 Å². The smallest absolute Gasteiger partial charge is 0.257 e. The van der Waals surface area contributed by atoms with Gasteiger partial charge in [0, 0.05) is 31.3 Å². The summed E-state index contributed by atoms with van der Waals surface area (Å²) in [6.07, 6.45) is 4.89. The molecule has 1 aromatic heterocycles. The molecule has 1 aliphatic rings. The molecule has 1 unspecified atom stereocenters. The predicted molar refractivity (Wildman–Crippen MR) is 91.7 cm³/mol. The number of carbonyl (C=O) groups excluding carboxylic acids is 1. The van der Waals surface area contributed by atoms with E-state index in [0.29, 0.717) is 6.04 Å². The van der Waals surface area contributed by atoms with Crippen LogP contribution in [0.2, 0.25) is 0 Å². The highest BCUT2D eigenvalue weighted by Crippen LogP contribution is 2.32. The van der Waals surface area contributed by atoms with Crippen LogP contribution in [0.25, 0.3) is 0 Å². The van der Waals surface area contributed by atoms with Crippen LogP contribution in [0.15, 0.2) is 6.20 Å². The van der Waals surface area contributed by atoms with Crippen LogP contribution in [0.1, 0.15) is 69.1 Å². The van der Waals surface area contributed by atoms with E-state index in [1.54, 1.807) is 13.3 Å². The zero-order chi connectivity index (χ0) is 17.2. The van der Waals surface area contributed by atoms with Crippen molar-refractivity contribution in [3.8, 4) is 0 Å². The molecule has 0 aromatic carbocycles. The molecule has 0 aliphatic carbocycles. The van der Waals surface area contributed by atoms with Gasteiger partial charge in [0.25, 0.3) is 5.91 Å². The molecular formula is C18H31N3O2. The van der Waals surface area contributed by atoms with Gasteiger partial charge in [-0.1, -0.05) is 27.7 Å². The van der Waals surface area contributed by atoms with E-state index in [1.165, 1.54) is 0 Å². The van der Waals surface area contributed by atoms with Crippen molar-refractivity contribution in [3.05, 3.63) is 17.5 Å². The Bertz CT molecular complexity index is 546. The van der Waals surface area contributed by atoms with Crippen LogP contribution in [0.3, 0.4) is 0 Å². The molecule has 1 amide bonds. The number of carbonyl (C=O) groups is 1. The van der Waals surface area contributed by atoms with Gasteiger partial charge in [-0.2, -0.15) is 5.10 Å². The second-order valence-corrected chi connectivity index (χ2v) is 7.29. The minimum atomic E-state index is -0.0259. The average molecular weight is 321 g/mol. The molecule has 1 atom stereocenters. The fourth-order valence-corrected chi connectivity index (χ4v) is 3.75. The van der Waals surface area contributed by atoms with Crippen molar-refractivity contribution in [1.29, 1.82) is 0 Å². The molecule has 5 nitrogen and oxygen atoms in total. The molecule has 23 heavy (non-hydrogen) atoms. The van der Waals surface area contributed by atoms with E-state index in [2.05, 4.69) is 32.8 Å². The molecule has 130 valence electrons. The molecule has 0 radical (unpaired) electrons. The van der Waals surface area contributed by atoms with Crippen molar-refractivity contribution in [2.24, 2.45) is 5.41 Å². The van der Waals surface area contributed by atoms with Gasteiger partial charge in [0.15, 0.2) is 0 Å². The van der Waals surface area contributed by atoms with E-state index in [1.807, 2.05) is 16.5 Å². The van der Waals surface area contributed by atoms with Gasteiger partial charge in [-0.3, -0.25) is 9.48 Å². The molecular weight excluding hydrogens is 290 g/mol. The lowest BCUT2D eigenvalue weighted by Crippen LogP contribution is -2.51. The number of amides is 1. The average Bonchev–Trinajstić information content (AvgIpc) is 2.89. The SMILES string of the molecule is CCC(CC)n1ncc(C(=O)N2CCC(OC)C(C)(C)C2)c1C. The zero-order valence-corrected chi connectivity index (χ0v) is 15.4. The number of hydrogen-bond acceptors (Lipinski definition) is 3. The van der Waals surface area contributed by atoms with Crippen LogP contribution in [-0.2, 0) is 4.74 Å². The summed E-state index contributed by atoms with van der Waals surface area (Å²) in [4.78, 5) is 14.9. The molecule has 1 aromatic rings. The second kappa shape index (κ2) is 7.04. The van der Waals surface area contributed by atoms with Crippen molar-refractivity contribution in [2.45, 2.75) is 66.0 Å². The number of ether oxygens (including phenoxy) is 1. The van der Waals surface area contributed by atoms with Gasteiger partial charge in [-0.25, -0.2) is 0 Å². The van der Waals surface area contributed by atoms with E-state index < -0.39 is 0 Å². The van der Waals surface area contributed by atoms with Crippen molar-refractivity contribution in [3.63, 3.8) is 0 Å². The number of piperidine rings is 1. The highest BCUT2D eigenvalue weighted by Gasteiger charge is 2.38. The maximum absolute atomic E-state index is 12.9. The Hall–Kier alpha value is -1.36. The van der Waals surface area contributed by atoms with E-state index in [4.69, 9.17) is 4.74 Å². The van der Waals surface area contributed by atoms with Crippen LogP contribution in [-0.4, -0.2) is 46.9 Å². The van der Waals surface area contributed by atoms with Gasteiger partial charge in [-0.05, 0) is 26.2 Å². The third kappa shape index (κ3) is 3.44. The third-order valence-corrected chi connectivity index (χ3v) is 5.27. The van der Waals surface area contributed by atoms with Crippen LogP contribution in [0.5, 0.6) is 0 Å². The number of nitrogens with zero attached hydrogens (tertiary/aromatic N) is 3. The molecule has 1 fully saturated rings. The highest BCUT2D eigenvalue weighted by atomic mass is 16.5. The largest absolute Gasteiger partial charge is 0.381 e. The Morgan fingerprint density at radius 1 is 1.43 bits per heavy atom. The minimum absolute atomic E-state index is 0.0259. The van der Waals surface area contributed by atoms with E-state index in [-0.39, 0.29) is 17.4 Å². The Balaban J connectivity index is 2.19. The maximum Gasteiger partial charge on any atom is 0.257 e. The summed E-state index contributed by atoms with van der Waals surface area (Å²) in [6.45, 7) is 12.1. The number of likely N-dealkylation sites (tertiary alicyclic amines) is 1. The topological polar surface area (TPSA) is 47.4 Å². The summed E-state index contributed by atoms with van der Waals surface area (Å²) in [5, 5.41) is 4.49. The summed E-state index contributed by atoms with van der Waals surface area (Å²) in [6, 6.07) is 0.368. The van der Waals surface area contributed by atoms with E-state index in [0.717, 1.165) is 43.6 Å². The van der Waals surface area contributed by atoms with Gasteiger partial charge in [0.2, 0.25) is 0 Å². The Morgan fingerprint density at radius 2 is 2.09 bits per heavy atom. The lowest BCUT2D eigenvalue weighted by Gasteiger charge is -2.43. The van der Waals surface area contributed by atoms with Crippen LogP contribution >= 0.6 is 0 Å². The molecule has 0 spiro atoms. The van der Waals surface area contributed by atoms with Crippen LogP contribution < -0.4 is 0 Å². The van der Waals surface area contributed by atoms with Gasteiger partial charge < -0.3 is 9.64 Å². The summed E-state index contributed by atoms with van der Waals surface area (Å²) < 4.78 is 7.59. The molecule has 5 heteroatoms. The summed E-state index contributed by atoms with van der Waals surface area (Å²) >= 11 is 0. The lowest BCUT2D eigenvalue weighted by atomic mass is 9.81. The Morgan fingerprint density at radius 3 is 2.61 bits per heavy atom. The molecule has 1 saturated heterocycles. The Labute approximate surface area is 140 Å². The van der Waals surface area contributed by atoms with Crippen LogP contribution in [0, 0.1) is 12.3 Å².